The average molecular weight is 487 g/mol. The third-order valence-corrected chi connectivity index (χ3v) is 7.73. The fraction of sp³-hybridized carbons (Fsp3) is 0.458. The molecule has 5 atom stereocenters. The van der Waals surface area contributed by atoms with E-state index >= 15 is 0 Å². The minimum absolute atomic E-state index is 0.0324. The zero-order chi connectivity index (χ0) is 26.1. The topological polar surface area (TPSA) is 185 Å². The lowest BCUT2D eigenvalue weighted by atomic mass is 9.55. The van der Waals surface area contributed by atoms with Crippen molar-refractivity contribution in [2.24, 2.45) is 17.6 Å². The van der Waals surface area contributed by atoms with Gasteiger partial charge in [-0.3, -0.25) is 19.3 Å². The van der Waals surface area contributed by atoms with Crippen LogP contribution in [0.5, 0.6) is 5.75 Å². The molecule has 0 aromatic heterocycles. The van der Waals surface area contributed by atoms with Crippen LogP contribution in [0.3, 0.4) is 0 Å². The number of benzene rings is 1. The maximum absolute atomic E-state index is 13.9. The molecule has 188 valence electrons. The number of nitrogens with one attached hydrogen (secondary N) is 2. The van der Waals surface area contributed by atoms with E-state index in [9.17, 15) is 34.8 Å². The maximum atomic E-state index is 13.9. The van der Waals surface area contributed by atoms with Gasteiger partial charge in [0.2, 0.25) is 5.78 Å². The molecule has 1 aromatic carbocycles. The molecule has 1 fully saturated rings. The van der Waals surface area contributed by atoms with Crippen LogP contribution in [0.15, 0.2) is 23.0 Å². The monoisotopic (exact) mass is 486 g/mol. The second-order valence-corrected chi connectivity index (χ2v) is 9.56. The predicted molar refractivity (Wildman–Crippen MR) is 128 cm³/mol. The van der Waals surface area contributed by atoms with Crippen molar-refractivity contribution in [2.45, 2.75) is 30.9 Å². The van der Waals surface area contributed by atoms with E-state index in [0.717, 1.165) is 0 Å². The van der Waals surface area contributed by atoms with Crippen molar-refractivity contribution in [3.05, 3.63) is 34.1 Å². The van der Waals surface area contributed by atoms with Gasteiger partial charge in [-0.1, -0.05) is 6.92 Å². The van der Waals surface area contributed by atoms with Gasteiger partial charge >= 0.3 is 0 Å². The van der Waals surface area contributed by atoms with Crippen LogP contribution in [0.25, 0.3) is 5.76 Å². The zero-order valence-corrected chi connectivity index (χ0v) is 20.1. The van der Waals surface area contributed by atoms with Gasteiger partial charge in [-0.05, 0) is 44.0 Å². The summed E-state index contributed by atoms with van der Waals surface area (Å²) in [6.45, 7) is 1.83. The first-order chi connectivity index (χ1) is 16.3. The Hall–Kier alpha value is -3.57. The highest BCUT2D eigenvalue weighted by molar-refractivity contribution is 6.24. The van der Waals surface area contributed by atoms with E-state index in [1.165, 1.54) is 4.90 Å². The average Bonchev–Trinajstić information content (AvgIpc) is 2.78. The van der Waals surface area contributed by atoms with E-state index < -0.39 is 64.0 Å². The van der Waals surface area contributed by atoms with Gasteiger partial charge in [0, 0.05) is 31.3 Å². The number of likely N-dealkylation sites (N-methyl/N-ethyl adjacent to an activating group) is 1. The number of aliphatic hydroxyl groups is 3. The molecule has 0 spiro atoms. The molecule has 1 unspecified atom stereocenters. The first kappa shape index (κ1) is 24.6. The van der Waals surface area contributed by atoms with Crippen LogP contribution in [0, 0.1) is 11.8 Å². The molecule has 3 aliphatic carbocycles. The number of ketones is 2. The van der Waals surface area contributed by atoms with Crippen LogP contribution in [-0.4, -0.2) is 82.6 Å². The summed E-state index contributed by atoms with van der Waals surface area (Å²) in [5, 5.41) is 50.7. The number of aliphatic hydroxyl groups excluding tert-OH is 2. The summed E-state index contributed by atoms with van der Waals surface area (Å²) in [4.78, 5) is 40.6. The van der Waals surface area contributed by atoms with Crippen molar-refractivity contribution in [1.29, 1.82) is 0 Å². The molecule has 1 amide bonds. The normalized spacial score (nSPS) is 30.1. The smallest absolute Gasteiger partial charge is 0.255 e. The van der Waals surface area contributed by atoms with E-state index in [4.69, 9.17) is 5.73 Å². The Morgan fingerprint density at radius 2 is 1.74 bits per heavy atom. The summed E-state index contributed by atoms with van der Waals surface area (Å²) in [5.41, 5.74) is 3.20. The Morgan fingerprint density at radius 3 is 2.26 bits per heavy atom. The number of hydrogen-bond acceptors (Lipinski definition) is 10. The van der Waals surface area contributed by atoms with Gasteiger partial charge in [0.1, 0.15) is 22.8 Å². The molecule has 0 radical (unpaired) electrons. The van der Waals surface area contributed by atoms with Gasteiger partial charge in [0.25, 0.3) is 5.91 Å². The first-order valence-electron chi connectivity index (χ1n) is 11.2. The lowest BCUT2D eigenvalue weighted by molar-refractivity contribution is -0.154. The molecule has 35 heavy (non-hydrogen) atoms. The Balaban J connectivity index is 2.05. The van der Waals surface area contributed by atoms with Gasteiger partial charge < -0.3 is 36.8 Å². The number of phenolic OH excluding ortho intramolecular Hbond substituents is 1. The van der Waals surface area contributed by atoms with Crippen LogP contribution in [0.2, 0.25) is 0 Å². The van der Waals surface area contributed by atoms with Gasteiger partial charge in [-0.2, -0.15) is 0 Å². The number of amides is 1. The fourth-order valence-electron chi connectivity index (χ4n) is 6.09. The molecule has 8 N–H and O–H groups in total. The minimum Gasteiger partial charge on any atom is -0.508 e. The number of nitrogens with zero attached hydrogens (tertiary/aromatic N) is 1. The SMILES string of the molecule is CNc1cc(NC)c2c(c1O)C(O)=C1C(=O)[C@]3(O)C(O)=C(C(N)=O)C(=O)[C@@H](N(C)C)[C@@H]3C[C@@H]1C2C. The number of nitrogens with two attached hydrogens (primary N) is 1. The molecule has 11 heteroatoms. The fourth-order valence-corrected chi connectivity index (χ4v) is 6.09. The number of Topliss-reactive ketones (excluding diaryl/α,β-unsaturated/α-hetero) is 2. The number of phenols is 1. The molecule has 0 bridgehead atoms. The molecule has 0 heterocycles. The summed E-state index contributed by atoms with van der Waals surface area (Å²) < 4.78 is 0. The minimum atomic E-state index is -2.66. The van der Waals surface area contributed by atoms with Crippen LogP contribution < -0.4 is 16.4 Å². The lowest BCUT2D eigenvalue weighted by Gasteiger charge is -2.51. The van der Waals surface area contributed by atoms with E-state index in [1.54, 1.807) is 34.3 Å². The lowest BCUT2D eigenvalue weighted by Crippen LogP contribution is -2.65. The highest BCUT2D eigenvalue weighted by Crippen LogP contribution is 2.58. The number of rotatable bonds is 4. The highest BCUT2D eigenvalue weighted by Gasteiger charge is 2.65. The molecule has 0 saturated heterocycles. The molecular weight excluding hydrogens is 456 g/mol. The number of primary amides is 1. The number of carbonyl (C=O) groups is 3. The predicted octanol–water partition coefficient (Wildman–Crippen LogP) is 0.608. The Bertz CT molecular complexity index is 1230. The van der Waals surface area contributed by atoms with Crippen LogP contribution in [-0.2, 0) is 14.4 Å². The van der Waals surface area contributed by atoms with Gasteiger partial charge in [0.15, 0.2) is 11.4 Å². The standard InChI is InChI=1S/C24H30N4O7/c1-8-9-6-10-17(28(4)5)20(31)16(23(25)34)22(33)24(10,35)21(32)14(9)19(30)15-13(8)11(26-2)7-12(27-3)18(15)29/h7-10,17,26-27,29-30,33,35H,6H2,1-5H3,(H2,25,34)/t8?,9-,10+,17+,24+/m1/s1. The zero-order valence-electron chi connectivity index (χ0n) is 20.1. The van der Waals surface area contributed by atoms with Gasteiger partial charge in [-0.15, -0.1) is 0 Å². The second kappa shape index (κ2) is 7.99. The van der Waals surface area contributed by atoms with E-state index in [2.05, 4.69) is 10.6 Å². The number of carbonyl (C=O) groups excluding carboxylic acids is 3. The van der Waals surface area contributed by atoms with Crippen molar-refractivity contribution in [2.75, 3.05) is 38.8 Å². The van der Waals surface area contributed by atoms with Crippen molar-refractivity contribution >= 4 is 34.6 Å². The number of hydrogen-bond donors (Lipinski definition) is 7. The largest absolute Gasteiger partial charge is 0.508 e. The van der Waals surface area contributed by atoms with Crippen molar-refractivity contribution < 1.29 is 34.8 Å². The van der Waals surface area contributed by atoms with E-state index in [0.29, 0.717) is 16.9 Å². The number of anilines is 2. The van der Waals surface area contributed by atoms with E-state index in [-0.39, 0.29) is 23.3 Å². The Kier molecular flexibility index (Phi) is 5.61. The molecule has 11 nitrogen and oxygen atoms in total. The third kappa shape index (κ3) is 3.01. The van der Waals surface area contributed by atoms with E-state index in [1.807, 2.05) is 6.92 Å². The maximum Gasteiger partial charge on any atom is 0.255 e. The van der Waals surface area contributed by atoms with Crippen LogP contribution >= 0.6 is 0 Å². The summed E-state index contributed by atoms with van der Waals surface area (Å²) in [6.07, 6.45) is 0.0324. The van der Waals surface area contributed by atoms with Gasteiger partial charge in [0.05, 0.1) is 17.3 Å². The molecule has 3 aliphatic rings. The van der Waals surface area contributed by atoms with Crippen LogP contribution in [0.4, 0.5) is 11.4 Å². The van der Waals surface area contributed by atoms with Gasteiger partial charge in [-0.25, -0.2) is 0 Å². The highest BCUT2D eigenvalue weighted by atomic mass is 16.3. The molecule has 1 aromatic rings. The molecule has 4 rings (SSSR count). The van der Waals surface area contributed by atoms with Crippen molar-refractivity contribution in [1.82, 2.24) is 4.90 Å². The quantitative estimate of drug-likeness (QED) is 0.181. The summed E-state index contributed by atoms with van der Waals surface area (Å²) in [6, 6.07) is 0.563. The second-order valence-electron chi connectivity index (χ2n) is 9.56. The van der Waals surface area contributed by atoms with Crippen molar-refractivity contribution in [3.8, 4) is 5.75 Å². The Morgan fingerprint density at radius 1 is 1.14 bits per heavy atom. The molecule has 1 saturated carbocycles. The summed E-state index contributed by atoms with van der Waals surface area (Å²) in [7, 11) is 6.41. The van der Waals surface area contributed by atoms with Crippen LogP contribution in [0.1, 0.15) is 30.4 Å². The number of aromatic hydroxyl groups is 1. The molecular formula is C24H30N4O7. The third-order valence-electron chi connectivity index (χ3n) is 7.73. The summed E-state index contributed by atoms with van der Waals surface area (Å²) >= 11 is 0. The Labute approximate surface area is 201 Å². The van der Waals surface area contributed by atoms with Crippen molar-refractivity contribution in [3.63, 3.8) is 0 Å². The number of fused-ring (bicyclic) bond motifs is 3. The molecule has 0 aliphatic heterocycles. The summed E-state index contributed by atoms with van der Waals surface area (Å²) in [5.74, 6) is -7.19. The first-order valence-corrected chi connectivity index (χ1v) is 11.2.